The second kappa shape index (κ2) is 5.50. The van der Waals surface area contributed by atoms with Crippen LogP contribution in [0.3, 0.4) is 0 Å². The third-order valence-electron chi connectivity index (χ3n) is 4.20. The van der Waals surface area contributed by atoms with Gasteiger partial charge in [0, 0.05) is 24.8 Å². The maximum atomic E-state index is 12.2. The Morgan fingerprint density at radius 2 is 1.74 bits per heavy atom. The minimum atomic E-state index is -0.426. The number of hydrogen-bond acceptors (Lipinski definition) is 5. The highest BCUT2D eigenvalue weighted by Gasteiger charge is 2.27. The molecule has 4 rings (SSSR count). The van der Waals surface area contributed by atoms with Crippen LogP contribution >= 0.6 is 0 Å². The predicted molar refractivity (Wildman–Crippen MR) is 85.8 cm³/mol. The van der Waals surface area contributed by atoms with E-state index in [9.17, 15) is 4.79 Å². The van der Waals surface area contributed by atoms with E-state index in [0.717, 1.165) is 31.6 Å². The van der Waals surface area contributed by atoms with Crippen molar-refractivity contribution < 1.29 is 19.0 Å². The van der Waals surface area contributed by atoms with E-state index in [0.29, 0.717) is 28.6 Å². The Morgan fingerprint density at radius 3 is 2.43 bits per heavy atom. The number of para-hydroxylation sites is 2. The van der Waals surface area contributed by atoms with Crippen LogP contribution in [0.1, 0.15) is 23.2 Å². The third kappa shape index (κ3) is 2.38. The van der Waals surface area contributed by atoms with Crippen molar-refractivity contribution in [3.63, 3.8) is 0 Å². The average Bonchev–Trinajstić information content (AvgIpc) is 3.13. The van der Waals surface area contributed by atoms with E-state index in [1.165, 1.54) is 7.11 Å². The van der Waals surface area contributed by atoms with Crippen molar-refractivity contribution in [3.8, 4) is 23.0 Å². The molecule has 118 valence electrons. The Hall–Kier alpha value is -2.69. The summed E-state index contributed by atoms with van der Waals surface area (Å²) in [5.74, 6) is 1.78. The summed E-state index contributed by atoms with van der Waals surface area (Å²) in [4.78, 5) is 14.4. The Morgan fingerprint density at radius 1 is 1.04 bits per heavy atom. The first-order valence-corrected chi connectivity index (χ1v) is 7.72. The molecule has 2 aromatic carbocycles. The smallest absolute Gasteiger partial charge is 0.341 e. The van der Waals surface area contributed by atoms with E-state index in [-0.39, 0.29) is 0 Å². The molecule has 0 spiro atoms. The van der Waals surface area contributed by atoms with Crippen LogP contribution in [0.15, 0.2) is 36.4 Å². The summed E-state index contributed by atoms with van der Waals surface area (Å²) in [7, 11) is 1.37. The van der Waals surface area contributed by atoms with Gasteiger partial charge in [-0.25, -0.2) is 4.79 Å². The average molecular weight is 311 g/mol. The molecule has 23 heavy (non-hydrogen) atoms. The van der Waals surface area contributed by atoms with Crippen LogP contribution in [-0.2, 0) is 4.74 Å². The first-order valence-electron chi connectivity index (χ1n) is 7.72. The Kier molecular flexibility index (Phi) is 3.33. The molecule has 5 nitrogen and oxygen atoms in total. The number of rotatable bonds is 2. The molecule has 0 aromatic heterocycles. The van der Waals surface area contributed by atoms with Crippen molar-refractivity contribution in [2.45, 2.75) is 12.8 Å². The molecule has 2 aliphatic rings. The van der Waals surface area contributed by atoms with Crippen molar-refractivity contribution >= 4 is 11.7 Å². The Bertz CT molecular complexity index is 766. The van der Waals surface area contributed by atoms with Gasteiger partial charge in [-0.3, -0.25) is 0 Å². The fraction of sp³-hybridized carbons (Fsp3) is 0.278. The van der Waals surface area contributed by atoms with Crippen molar-refractivity contribution in [3.05, 3.63) is 42.0 Å². The van der Waals surface area contributed by atoms with Crippen LogP contribution in [0.2, 0.25) is 0 Å². The molecule has 0 atom stereocenters. The Balaban J connectivity index is 1.82. The van der Waals surface area contributed by atoms with Crippen molar-refractivity contribution in [1.82, 2.24) is 0 Å². The van der Waals surface area contributed by atoms with E-state index >= 15 is 0 Å². The summed E-state index contributed by atoms with van der Waals surface area (Å²) < 4.78 is 16.8. The highest BCUT2D eigenvalue weighted by atomic mass is 16.6. The van der Waals surface area contributed by atoms with Crippen molar-refractivity contribution in [2.75, 3.05) is 25.1 Å². The topological polar surface area (TPSA) is 48.0 Å². The highest BCUT2D eigenvalue weighted by molar-refractivity contribution is 5.95. The fourth-order valence-corrected chi connectivity index (χ4v) is 3.04. The van der Waals surface area contributed by atoms with Gasteiger partial charge in [-0.05, 0) is 31.0 Å². The fourth-order valence-electron chi connectivity index (χ4n) is 3.04. The Labute approximate surface area is 134 Å². The lowest BCUT2D eigenvalue weighted by molar-refractivity contribution is 0.0597. The van der Waals surface area contributed by atoms with Crippen LogP contribution in [0.4, 0.5) is 5.69 Å². The molecule has 0 saturated carbocycles. The summed E-state index contributed by atoms with van der Waals surface area (Å²) in [5, 5.41) is 0. The summed E-state index contributed by atoms with van der Waals surface area (Å²) >= 11 is 0. The summed E-state index contributed by atoms with van der Waals surface area (Å²) in [5.41, 5.74) is 1.35. The molecule has 1 fully saturated rings. The summed E-state index contributed by atoms with van der Waals surface area (Å²) in [6.07, 6.45) is 2.32. The van der Waals surface area contributed by atoms with Gasteiger partial charge in [0.15, 0.2) is 23.0 Å². The predicted octanol–water partition coefficient (Wildman–Crippen LogP) is 3.97. The number of ether oxygens (including phenoxy) is 3. The molecule has 2 aromatic rings. The number of anilines is 1. The van der Waals surface area contributed by atoms with Crippen LogP contribution < -0.4 is 14.4 Å². The number of methoxy groups -OCH3 is 1. The molecular formula is C18H17NO4. The second-order valence-corrected chi connectivity index (χ2v) is 5.66. The lowest BCUT2D eigenvalue weighted by Gasteiger charge is -2.25. The lowest BCUT2D eigenvalue weighted by Crippen LogP contribution is -2.19. The number of carbonyl (C=O) groups is 1. The quantitative estimate of drug-likeness (QED) is 0.670. The summed E-state index contributed by atoms with van der Waals surface area (Å²) in [6, 6.07) is 11.2. The maximum Gasteiger partial charge on any atom is 0.341 e. The molecule has 0 bridgehead atoms. The molecule has 2 heterocycles. The van der Waals surface area contributed by atoms with Crippen molar-refractivity contribution in [2.24, 2.45) is 0 Å². The number of nitrogens with zero attached hydrogens (tertiary/aromatic N) is 1. The molecule has 0 radical (unpaired) electrons. The van der Waals surface area contributed by atoms with Crippen molar-refractivity contribution in [1.29, 1.82) is 0 Å². The van der Waals surface area contributed by atoms with Gasteiger partial charge >= 0.3 is 5.97 Å². The van der Waals surface area contributed by atoms with Gasteiger partial charge < -0.3 is 19.1 Å². The number of benzene rings is 2. The highest BCUT2D eigenvalue weighted by Crippen LogP contribution is 2.48. The van der Waals surface area contributed by atoms with Crippen LogP contribution in [-0.4, -0.2) is 26.2 Å². The number of fused-ring (bicyclic) bond motifs is 2. The van der Waals surface area contributed by atoms with E-state index in [4.69, 9.17) is 14.2 Å². The first-order chi connectivity index (χ1) is 11.3. The van der Waals surface area contributed by atoms with Gasteiger partial charge in [0.2, 0.25) is 0 Å². The van der Waals surface area contributed by atoms with Gasteiger partial charge in [0.05, 0.1) is 7.11 Å². The number of esters is 1. The van der Waals surface area contributed by atoms with Crippen LogP contribution in [0.5, 0.6) is 23.0 Å². The van der Waals surface area contributed by atoms with Gasteiger partial charge in [-0.1, -0.05) is 12.1 Å². The largest absolute Gasteiger partial charge is 0.465 e. The number of hydrogen-bond donors (Lipinski definition) is 0. The van der Waals surface area contributed by atoms with Gasteiger partial charge in [-0.2, -0.15) is 0 Å². The van der Waals surface area contributed by atoms with Crippen LogP contribution in [0.25, 0.3) is 0 Å². The zero-order valence-corrected chi connectivity index (χ0v) is 12.9. The standard InChI is InChI=1S/C18H17NO4/c1-21-18(20)13-10-12(19-8-4-5-9-19)11-16-17(13)23-15-7-3-2-6-14(15)22-16/h2-3,6-7,10-11H,4-5,8-9H2,1H3. The number of carbonyl (C=O) groups excluding carboxylic acids is 1. The minimum absolute atomic E-state index is 0.390. The summed E-state index contributed by atoms with van der Waals surface area (Å²) in [6.45, 7) is 1.97. The molecule has 1 saturated heterocycles. The molecule has 0 amide bonds. The molecular weight excluding hydrogens is 294 g/mol. The van der Waals surface area contributed by atoms with E-state index in [1.807, 2.05) is 36.4 Å². The molecule has 5 heteroatoms. The monoisotopic (exact) mass is 311 g/mol. The zero-order valence-electron chi connectivity index (χ0n) is 12.9. The third-order valence-corrected chi connectivity index (χ3v) is 4.20. The van der Waals surface area contributed by atoms with Gasteiger partial charge in [0.1, 0.15) is 5.56 Å². The molecule has 0 N–H and O–H groups in total. The lowest BCUT2D eigenvalue weighted by atomic mass is 10.1. The van der Waals surface area contributed by atoms with Crippen LogP contribution in [0, 0.1) is 0 Å². The molecule has 2 aliphatic heterocycles. The SMILES string of the molecule is COC(=O)c1cc(N2CCCC2)cc2c1Oc1ccccc1O2. The zero-order chi connectivity index (χ0) is 15.8. The van der Waals surface area contributed by atoms with E-state index < -0.39 is 5.97 Å². The van der Waals surface area contributed by atoms with Gasteiger partial charge in [0.25, 0.3) is 0 Å². The second-order valence-electron chi connectivity index (χ2n) is 5.66. The minimum Gasteiger partial charge on any atom is -0.465 e. The van der Waals surface area contributed by atoms with Gasteiger partial charge in [-0.15, -0.1) is 0 Å². The maximum absolute atomic E-state index is 12.2. The molecule has 0 unspecified atom stereocenters. The normalized spacial score (nSPS) is 15.3. The van der Waals surface area contributed by atoms with E-state index in [1.54, 1.807) is 0 Å². The molecule has 0 aliphatic carbocycles. The first kappa shape index (κ1) is 13.9. The van der Waals surface area contributed by atoms with E-state index in [2.05, 4.69) is 4.90 Å².